The van der Waals surface area contributed by atoms with Crippen molar-refractivity contribution >= 4 is 40.5 Å². The van der Waals surface area contributed by atoms with E-state index in [-0.39, 0.29) is 0 Å². The fourth-order valence-electron chi connectivity index (χ4n) is 2.43. The van der Waals surface area contributed by atoms with Crippen molar-refractivity contribution in [2.24, 2.45) is 0 Å². The Hall–Kier alpha value is -1.60. The summed E-state index contributed by atoms with van der Waals surface area (Å²) in [6.07, 6.45) is 1.50. The van der Waals surface area contributed by atoms with Crippen molar-refractivity contribution in [3.63, 3.8) is 0 Å². The van der Waals surface area contributed by atoms with E-state index in [1.54, 1.807) is 18.2 Å². The first kappa shape index (κ1) is 17.2. The fourth-order valence-corrected chi connectivity index (χ4v) is 2.93. The molecular formula is C16H19Cl2N5O. The van der Waals surface area contributed by atoms with Crippen LogP contribution in [0.1, 0.15) is 0 Å². The van der Waals surface area contributed by atoms with Crippen LogP contribution in [-0.2, 0) is 4.74 Å². The summed E-state index contributed by atoms with van der Waals surface area (Å²) in [6, 6.07) is 7.18. The van der Waals surface area contributed by atoms with Gasteiger partial charge in [-0.15, -0.1) is 0 Å². The minimum Gasteiger partial charge on any atom is -0.379 e. The van der Waals surface area contributed by atoms with Crippen molar-refractivity contribution < 1.29 is 4.74 Å². The molecule has 24 heavy (non-hydrogen) atoms. The summed E-state index contributed by atoms with van der Waals surface area (Å²) in [5, 5.41) is 7.54. The summed E-state index contributed by atoms with van der Waals surface area (Å²) in [5.74, 6) is 1.39. The molecule has 8 heteroatoms. The molecule has 128 valence electrons. The molecule has 3 rings (SSSR count). The van der Waals surface area contributed by atoms with Gasteiger partial charge in [0, 0.05) is 32.2 Å². The van der Waals surface area contributed by atoms with E-state index in [1.165, 1.54) is 6.33 Å². The Bertz CT molecular complexity index is 659. The van der Waals surface area contributed by atoms with Crippen molar-refractivity contribution in [1.29, 1.82) is 0 Å². The molecule has 1 aliphatic heterocycles. The highest BCUT2D eigenvalue weighted by Gasteiger charge is 2.10. The summed E-state index contributed by atoms with van der Waals surface area (Å²) < 4.78 is 5.34. The third kappa shape index (κ3) is 4.70. The van der Waals surface area contributed by atoms with Crippen LogP contribution in [0.4, 0.5) is 17.3 Å². The van der Waals surface area contributed by atoms with Crippen LogP contribution in [0.3, 0.4) is 0 Å². The van der Waals surface area contributed by atoms with E-state index in [0.717, 1.165) is 45.2 Å². The average molecular weight is 368 g/mol. The van der Waals surface area contributed by atoms with E-state index in [9.17, 15) is 0 Å². The minimum atomic E-state index is 0.544. The normalized spacial score (nSPS) is 15.2. The van der Waals surface area contributed by atoms with E-state index in [2.05, 4.69) is 25.5 Å². The van der Waals surface area contributed by atoms with Crippen molar-refractivity contribution in [3.8, 4) is 0 Å². The molecule has 0 unspecified atom stereocenters. The predicted octanol–water partition coefficient (Wildman–Crippen LogP) is 3.27. The highest BCUT2D eigenvalue weighted by molar-refractivity contribution is 6.39. The number of ether oxygens (including phenoxy) is 1. The molecule has 1 aromatic carbocycles. The smallest absolute Gasteiger partial charge is 0.135 e. The second-order valence-corrected chi connectivity index (χ2v) is 6.21. The van der Waals surface area contributed by atoms with E-state index in [4.69, 9.17) is 27.9 Å². The molecule has 0 atom stereocenters. The largest absolute Gasteiger partial charge is 0.379 e. The molecule has 2 heterocycles. The topological polar surface area (TPSA) is 62.3 Å². The molecule has 6 nitrogen and oxygen atoms in total. The van der Waals surface area contributed by atoms with Crippen molar-refractivity contribution in [3.05, 3.63) is 40.6 Å². The number of morpholine rings is 1. The van der Waals surface area contributed by atoms with Gasteiger partial charge < -0.3 is 15.4 Å². The van der Waals surface area contributed by atoms with Crippen LogP contribution in [0.15, 0.2) is 30.6 Å². The predicted molar refractivity (Wildman–Crippen MR) is 97.5 cm³/mol. The van der Waals surface area contributed by atoms with Crippen LogP contribution in [0.2, 0.25) is 10.0 Å². The quantitative estimate of drug-likeness (QED) is 0.816. The second-order valence-electron chi connectivity index (χ2n) is 5.39. The van der Waals surface area contributed by atoms with Gasteiger partial charge in [0.25, 0.3) is 0 Å². The zero-order valence-corrected chi connectivity index (χ0v) is 14.6. The first-order valence-electron chi connectivity index (χ1n) is 7.79. The van der Waals surface area contributed by atoms with Gasteiger partial charge in [-0.05, 0) is 12.1 Å². The molecule has 0 spiro atoms. The molecule has 0 radical (unpaired) electrons. The Kier molecular flexibility index (Phi) is 6.09. The Labute approximate surface area is 151 Å². The van der Waals surface area contributed by atoms with Crippen LogP contribution in [0, 0.1) is 0 Å². The Morgan fingerprint density at radius 2 is 1.79 bits per heavy atom. The SMILES string of the molecule is Clc1cccc(Cl)c1Nc1cc(NCCN2CCOCC2)ncn1. The van der Waals surface area contributed by atoms with Gasteiger partial charge in [-0.1, -0.05) is 29.3 Å². The molecule has 2 N–H and O–H groups in total. The molecule has 0 saturated carbocycles. The standard InChI is InChI=1S/C16H19Cl2N5O/c17-12-2-1-3-13(18)16(12)22-15-10-14(20-11-21-15)19-4-5-23-6-8-24-9-7-23/h1-3,10-11H,4-9H2,(H2,19,20,21,22). The minimum absolute atomic E-state index is 0.544. The van der Waals surface area contributed by atoms with Crippen LogP contribution in [0.25, 0.3) is 0 Å². The monoisotopic (exact) mass is 367 g/mol. The van der Waals surface area contributed by atoms with Crippen LogP contribution in [-0.4, -0.2) is 54.3 Å². The van der Waals surface area contributed by atoms with E-state index < -0.39 is 0 Å². The number of nitrogens with zero attached hydrogens (tertiary/aromatic N) is 3. The summed E-state index contributed by atoms with van der Waals surface area (Å²) in [5.41, 5.74) is 0.638. The lowest BCUT2D eigenvalue weighted by molar-refractivity contribution is 0.0398. The molecular weight excluding hydrogens is 349 g/mol. The summed E-state index contributed by atoms with van der Waals surface area (Å²) in [4.78, 5) is 10.8. The molecule has 1 aliphatic rings. The number of benzene rings is 1. The number of hydrogen-bond donors (Lipinski definition) is 2. The molecule has 1 aromatic heterocycles. The van der Waals surface area contributed by atoms with E-state index in [1.807, 2.05) is 6.07 Å². The van der Waals surface area contributed by atoms with Crippen LogP contribution in [0.5, 0.6) is 0 Å². The lowest BCUT2D eigenvalue weighted by Crippen LogP contribution is -2.39. The third-order valence-corrected chi connectivity index (χ3v) is 4.35. The molecule has 0 aliphatic carbocycles. The lowest BCUT2D eigenvalue weighted by atomic mass is 10.3. The van der Waals surface area contributed by atoms with E-state index in [0.29, 0.717) is 21.6 Å². The number of halogens is 2. The highest BCUT2D eigenvalue weighted by atomic mass is 35.5. The summed E-state index contributed by atoms with van der Waals surface area (Å²) in [7, 11) is 0. The Morgan fingerprint density at radius 1 is 1.08 bits per heavy atom. The maximum atomic E-state index is 6.17. The number of nitrogens with one attached hydrogen (secondary N) is 2. The molecule has 0 bridgehead atoms. The Balaban J connectivity index is 1.57. The Morgan fingerprint density at radius 3 is 2.54 bits per heavy atom. The second kappa shape index (κ2) is 8.48. The zero-order chi connectivity index (χ0) is 16.8. The average Bonchev–Trinajstić information content (AvgIpc) is 2.60. The number of hydrogen-bond acceptors (Lipinski definition) is 6. The zero-order valence-electron chi connectivity index (χ0n) is 13.1. The number of anilines is 3. The van der Waals surface area contributed by atoms with Gasteiger partial charge in [0.15, 0.2) is 0 Å². The number of aromatic nitrogens is 2. The number of rotatable bonds is 6. The van der Waals surface area contributed by atoms with Gasteiger partial charge in [-0.2, -0.15) is 0 Å². The van der Waals surface area contributed by atoms with Crippen molar-refractivity contribution in [1.82, 2.24) is 14.9 Å². The first-order chi connectivity index (χ1) is 11.7. The molecule has 1 saturated heterocycles. The fraction of sp³-hybridized carbons (Fsp3) is 0.375. The van der Waals surface area contributed by atoms with Crippen LogP contribution < -0.4 is 10.6 Å². The van der Waals surface area contributed by atoms with E-state index >= 15 is 0 Å². The van der Waals surface area contributed by atoms with Crippen molar-refractivity contribution in [2.75, 3.05) is 50.0 Å². The van der Waals surface area contributed by atoms with Gasteiger partial charge in [0.1, 0.15) is 18.0 Å². The third-order valence-electron chi connectivity index (χ3n) is 3.72. The molecule has 0 amide bonds. The lowest BCUT2D eigenvalue weighted by Gasteiger charge is -2.26. The van der Waals surface area contributed by atoms with Gasteiger partial charge in [-0.25, -0.2) is 9.97 Å². The van der Waals surface area contributed by atoms with Gasteiger partial charge in [0.05, 0.1) is 28.9 Å². The van der Waals surface area contributed by atoms with Gasteiger partial charge in [0.2, 0.25) is 0 Å². The summed E-state index contributed by atoms with van der Waals surface area (Å²) >= 11 is 12.3. The summed E-state index contributed by atoms with van der Waals surface area (Å²) in [6.45, 7) is 5.32. The van der Waals surface area contributed by atoms with Crippen LogP contribution >= 0.6 is 23.2 Å². The van der Waals surface area contributed by atoms with Crippen molar-refractivity contribution in [2.45, 2.75) is 0 Å². The molecule has 1 fully saturated rings. The first-order valence-corrected chi connectivity index (χ1v) is 8.55. The maximum absolute atomic E-state index is 6.17. The maximum Gasteiger partial charge on any atom is 0.135 e. The molecule has 2 aromatic rings. The highest BCUT2D eigenvalue weighted by Crippen LogP contribution is 2.32. The number of para-hydroxylation sites is 1. The van der Waals surface area contributed by atoms with Gasteiger partial charge in [-0.3, -0.25) is 4.90 Å². The van der Waals surface area contributed by atoms with Gasteiger partial charge >= 0.3 is 0 Å².